The van der Waals surface area contributed by atoms with Crippen LogP contribution >= 0.6 is 23.1 Å². The van der Waals surface area contributed by atoms with Crippen molar-refractivity contribution in [1.82, 2.24) is 15.5 Å². The van der Waals surface area contributed by atoms with Gasteiger partial charge in [-0.05, 0) is 24.3 Å². The molecule has 0 saturated heterocycles. The molecule has 2 aromatic rings. The summed E-state index contributed by atoms with van der Waals surface area (Å²) in [6.07, 6.45) is 0. The average molecular weight is 367 g/mol. The van der Waals surface area contributed by atoms with Gasteiger partial charge in [0.15, 0.2) is 4.34 Å². The number of carbonyl (C=O) groups excluding carboxylic acids is 2. The molecule has 2 amide bonds. The molecular weight excluding hydrogens is 354 g/mol. The molecule has 0 unspecified atom stereocenters. The number of amides is 2. The molecule has 0 bridgehead atoms. The number of anilines is 2. The van der Waals surface area contributed by atoms with Crippen LogP contribution in [0.1, 0.15) is 10.4 Å². The van der Waals surface area contributed by atoms with Crippen LogP contribution in [0.4, 0.5) is 10.8 Å². The number of benzene rings is 1. The van der Waals surface area contributed by atoms with Gasteiger partial charge < -0.3 is 21.5 Å². The van der Waals surface area contributed by atoms with E-state index in [1.807, 2.05) is 0 Å². The summed E-state index contributed by atoms with van der Waals surface area (Å²) in [5.41, 5.74) is 6.27. The number of thioether (sulfide) groups is 1. The maximum Gasteiger partial charge on any atom is 0.322 e. The topological polar surface area (TPSA) is 147 Å². The second-order valence-corrected chi connectivity index (χ2v) is 6.63. The molecule has 1 heterocycles. The van der Waals surface area contributed by atoms with Crippen molar-refractivity contribution in [3.05, 3.63) is 29.8 Å². The molecule has 11 heteroatoms. The summed E-state index contributed by atoms with van der Waals surface area (Å²) < 4.78 is 0.605. The Morgan fingerprint density at radius 1 is 1.21 bits per heavy atom. The quantitative estimate of drug-likeness (QED) is 0.522. The van der Waals surface area contributed by atoms with Gasteiger partial charge in [-0.2, -0.15) is 0 Å². The van der Waals surface area contributed by atoms with Gasteiger partial charge in [0.2, 0.25) is 11.0 Å². The van der Waals surface area contributed by atoms with Crippen molar-refractivity contribution < 1.29 is 19.5 Å². The maximum absolute atomic E-state index is 11.8. The zero-order chi connectivity index (χ0) is 17.5. The summed E-state index contributed by atoms with van der Waals surface area (Å²) in [5, 5.41) is 21.2. The fraction of sp³-hybridized carbons (Fsp3) is 0.154. The lowest BCUT2D eigenvalue weighted by Gasteiger charge is -2.06. The summed E-state index contributed by atoms with van der Waals surface area (Å²) >= 11 is 2.42. The zero-order valence-electron chi connectivity index (χ0n) is 12.2. The Bertz CT molecular complexity index is 747. The molecular formula is C13H13N5O4S2. The molecule has 9 nitrogen and oxygen atoms in total. The van der Waals surface area contributed by atoms with E-state index in [0.29, 0.717) is 20.7 Å². The molecule has 126 valence electrons. The Balaban J connectivity index is 1.83. The molecule has 0 atom stereocenters. The molecule has 0 radical (unpaired) electrons. The van der Waals surface area contributed by atoms with Crippen molar-refractivity contribution in [2.24, 2.45) is 0 Å². The van der Waals surface area contributed by atoms with Gasteiger partial charge in [-0.1, -0.05) is 23.1 Å². The minimum absolute atomic E-state index is 0.148. The molecule has 5 N–H and O–H groups in total. The number of aliphatic carboxylic acids is 1. The monoisotopic (exact) mass is 367 g/mol. The van der Waals surface area contributed by atoms with Crippen molar-refractivity contribution in [2.75, 3.05) is 23.3 Å². The number of nitrogens with one attached hydrogen (secondary N) is 2. The van der Waals surface area contributed by atoms with Gasteiger partial charge in [0.05, 0.1) is 5.75 Å². The third-order valence-corrected chi connectivity index (χ3v) is 4.47. The lowest BCUT2D eigenvalue weighted by Crippen LogP contribution is -2.29. The second kappa shape index (κ2) is 8.26. The fourth-order valence-corrected chi connectivity index (χ4v) is 3.00. The molecule has 0 aliphatic rings. The van der Waals surface area contributed by atoms with E-state index < -0.39 is 18.4 Å². The number of carboxylic acid groups (broad SMARTS) is 1. The molecule has 0 saturated carbocycles. The standard InChI is InChI=1S/C13H13N5O4S2/c14-12-17-18-13(24-12)23-6-9(19)16-8-3-1-7(2-4-8)11(22)15-5-10(20)21/h1-4H,5-6H2,(H2,14,17)(H,15,22)(H,16,19)(H,20,21). The van der Waals surface area contributed by atoms with Crippen molar-refractivity contribution in [3.8, 4) is 0 Å². The van der Waals surface area contributed by atoms with E-state index in [9.17, 15) is 14.4 Å². The summed E-state index contributed by atoms with van der Waals surface area (Å²) in [6.45, 7) is -0.454. The first-order chi connectivity index (χ1) is 11.4. The van der Waals surface area contributed by atoms with Gasteiger partial charge in [0.1, 0.15) is 6.54 Å². The van der Waals surface area contributed by atoms with Crippen LogP contribution in [0.25, 0.3) is 0 Å². The highest BCUT2D eigenvalue weighted by Gasteiger charge is 2.09. The first-order valence-corrected chi connectivity index (χ1v) is 8.36. The zero-order valence-corrected chi connectivity index (χ0v) is 13.8. The van der Waals surface area contributed by atoms with Crippen LogP contribution in [0.5, 0.6) is 0 Å². The van der Waals surface area contributed by atoms with E-state index in [-0.39, 0.29) is 11.7 Å². The van der Waals surface area contributed by atoms with Crippen LogP contribution in [0.3, 0.4) is 0 Å². The van der Waals surface area contributed by atoms with Crippen molar-refractivity contribution in [1.29, 1.82) is 0 Å². The van der Waals surface area contributed by atoms with E-state index in [4.69, 9.17) is 10.8 Å². The smallest absolute Gasteiger partial charge is 0.322 e. The SMILES string of the molecule is Nc1nnc(SCC(=O)Nc2ccc(C(=O)NCC(=O)O)cc2)s1. The number of aromatic nitrogens is 2. The van der Waals surface area contributed by atoms with Gasteiger partial charge in [-0.15, -0.1) is 10.2 Å². The van der Waals surface area contributed by atoms with Crippen LogP contribution in [-0.2, 0) is 9.59 Å². The third-order valence-electron chi connectivity index (χ3n) is 2.58. The number of rotatable bonds is 7. The minimum atomic E-state index is -1.12. The first kappa shape index (κ1) is 17.7. The number of hydrogen-bond donors (Lipinski definition) is 4. The highest BCUT2D eigenvalue weighted by atomic mass is 32.2. The van der Waals surface area contributed by atoms with E-state index >= 15 is 0 Å². The summed E-state index contributed by atoms with van der Waals surface area (Å²) in [6, 6.07) is 6.10. The van der Waals surface area contributed by atoms with Crippen LogP contribution in [-0.4, -0.2) is 45.4 Å². The molecule has 24 heavy (non-hydrogen) atoms. The Kier molecular flexibility index (Phi) is 6.09. The van der Waals surface area contributed by atoms with Crippen LogP contribution in [0, 0.1) is 0 Å². The van der Waals surface area contributed by atoms with Gasteiger partial charge >= 0.3 is 5.97 Å². The Hall–Kier alpha value is -2.66. The van der Waals surface area contributed by atoms with E-state index in [0.717, 1.165) is 0 Å². The lowest BCUT2D eigenvalue weighted by molar-refractivity contribution is -0.135. The number of nitrogens with zero attached hydrogens (tertiary/aromatic N) is 2. The Labute approximate surface area is 144 Å². The Morgan fingerprint density at radius 3 is 2.50 bits per heavy atom. The molecule has 0 aliphatic heterocycles. The number of nitrogen functional groups attached to an aromatic ring is 1. The highest BCUT2D eigenvalue weighted by Crippen LogP contribution is 2.23. The molecule has 0 fully saturated rings. The molecule has 1 aromatic heterocycles. The largest absolute Gasteiger partial charge is 0.480 e. The number of carbonyl (C=O) groups is 3. The predicted octanol–water partition coefficient (Wildman–Crippen LogP) is 0.666. The van der Waals surface area contributed by atoms with E-state index in [1.54, 1.807) is 12.1 Å². The van der Waals surface area contributed by atoms with Gasteiger partial charge in [0, 0.05) is 11.3 Å². The predicted molar refractivity (Wildman–Crippen MR) is 90.1 cm³/mol. The van der Waals surface area contributed by atoms with Crippen molar-refractivity contribution in [3.63, 3.8) is 0 Å². The van der Waals surface area contributed by atoms with E-state index in [1.165, 1.54) is 35.2 Å². The van der Waals surface area contributed by atoms with Crippen LogP contribution in [0.15, 0.2) is 28.6 Å². The summed E-state index contributed by atoms with van der Waals surface area (Å²) in [5.74, 6) is -1.71. The molecule has 2 rings (SSSR count). The fourth-order valence-electron chi connectivity index (χ4n) is 1.57. The van der Waals surface area contributed by atoms with Gasteiger partial charge in [0.25, 0.3) is 5.91 Å². The lowest BCUT2D eigenvalue weighted by atomic mass is 10.2. The molecule has 1 aromatic carbocycles. The van der Waals surface area contributed by atoms with Crippen molar-refractivity contribution >= 4 is 51.7 Å². The molecule has 0 aliphatic carbocycles. The second-order valence-electron chi connectivity index (χ2n) is 4.40. The third kappa shape index (κ3) is 5.52. The highest BCUT2D eigenvalue weighted by molar-refractivity contribution is 8.01. The van der Waals surface area contributed by atoms with Gasteiger partial charge in [-0.3, -0.25) is 14.4 Å². The maximum atomic E-state index is 11.8. The minimum Gasteiger partial charge on any atom is -0.480 e. The molecule has 0 spiro atoms. The average Bonchev–Trinajstić information content (AvgIpc) is 2.97. The number of carboxylic acids is 1. The van der Waals surface area contributed by atoms with Crippen LogP contribution in [0.2, 0.25) is 0 Å². The number of nitrogens with two attached hydrogens (primary N) is 1. The van der Waals surface area contributed by atoms with Crippen LogP contribution < -0.4 is 16.4 Å². The Morgan fingerprint density at radius 2 is 1.92 bits per heavy atom. The van der Waals surface area contributed by atoms with E-state index in [2.05, 4.69) is 20.8 Å². The first-order valence-electron chi connectivity index (χ1n) is 6.55. The summed E-state index contributed by atoms with van der Waals surface area (Å²) in [7, 11) is 0. The van der Waals surface area contributed by atoms with Crippen molar-refractivity contribution in [2.45, 2.75) is 4.34 Å². The normalized spacial score (nSPS) is 10.2. The number of hydrogen-bond acceptors (Lipinski definition) is 8. The van der Waals surface area contributed by atoms with Gasteiger partial charge in [-0.25, -0.2) is 0 Å². The summed E-state index contributed by atoms with van der Waals surface area (Å²) in [4.78, 5) is 33.9.